The third kappa shape index (κ3) is 5.78. The van der Waals surface area contributed by atoms with E-state index in [-0.39, 0.29) is 5.54 Å². The quantitative estimate of drug-likeness (QED) is 0.617. The molecule has 0 amide bonds. The van der Waals surface area contributed by atoms with Crippen molar-refractivity contribution in [2.45, 2.75) is 42.6 Å². The van der Waals surface area contributed by atoms with Gasteiger partial charge in [-0.3, -0.25) is 0 Å². The first-order chi connectivity index (χ1) is 9.83. The van der Waals surface area contributed by atoms with Gasteiger partial charge >= 0.3 is 0 Å². The minimum Gasteiger partial charge on any atom is -0.308 e. The maximum absolute atomic E-state index is 3.57. The standard InChI is InChI=1S/C17H19Br2NS/c1-17(2,3)20-11-12-9-14(19)7-8-16(12)21-15-6-4-5-13(18)10-15/h4-10,20H,11H2,1-3H3. The first-order valence-corrected chi connectivity index (χ1v) is 9.21. The topological polar surface area (TPSA) is 12.0 Å². The number of halogens is 2. The summed E-state index contributed by atoms with van der Waals surface area (Å²) in [7, 11) is 0. The molecular formula is C17H19Br2NS. The van der Waals surface area contributed by atoms with E-state index in [0.29, 0.717) is 0 Å². The summed E-state index contributed by atoms with van der Waals surface area (Å²) in [6, 6.07) is 14.9. The predicted octanol–water partition coefficient (Wildman–Crippen LogP) is 6.25. The van der Waals surface area contributed by atoms with Crippen molar-refractivity contribution in [3.63, 3.8) is 0 Å². The highest BCUT2D eigenvalue weighted by Gasteiger charge is 2.11. The molecule has 0 heterocycles. The van der Waals surface area contributed by atoms with Crippen molar-refractivity contribution in [2.75, 3.05) is 0 Å². The van der Waals surface area contributed by atoms with E-state index in [0.717, 1.165) is 15.5 Å². The van der Waals surface area contributed by atoms with Gasteiger partial charge < -0.3 is 5.32 Å². The SMILES string of the molecule is CC(C)(C)NCc1cc(Br)ccc1Sc1cccc(Br)c1. The molecule has 112 valence electrons. The van der Waals surface area contributed by atoms with Gasteiger partial charge in [0, 0.05) is 30.8 Å². The van der Waals surface area contributed by atoms with Crippen LogP contribution in [0.2, 0.25) is 0 Å². The lowest BCUT2D eigenvalue weighted by atomic mass is 10.1. The van der Waals surface area contributed by atoms with Crippen LogP contribution in [0.3, 0.4) is 0 Å². The van der Waals surface area contributed by atoms with Crippen molar-refractivity contribution in [3.05, 3.63) is 57.0 Å². The minimum absolute atomic E-state index is 0.111. The van der Waals surface area contributed by atoms with E-state index in [2.05, 4.69) is 94.3 Å². The Morgan fingerprint density at radius 2 is 1.71 bits per heavy atom. The molecule has 0 bridgehead atoms. The molecule has 0 unspecified atom stereocenters. The molecule has 2 aromatic rings. The summed E-state index contributed by atoms with van der Waals surface area (Å²) in [4.78, 5) is 2.52. The van der Waals surface area contributed by atoms with E-state index in [1.807, 2.05) is 6.07 Å². The molecule has 0 spiro atoms. The van der Waals surface area contributed by atoms with Crippen molar-refractivity contribution < 1.29 is 0 Å². The summed E-state index contributed by atoms with van der Waals surface area (Å²) in [5, 5.41) is 3.56. The van der Waals surface area contributed by atoms with Crippen LogP contribution in [0.25, 0.3) is 0 Å². The highest BCUT2D eigenvalue weighted by Crippen LogP contribution is 2.33. The van der Waals surface area contributed by atoms with Crippen molar-refractivity contribution in [1.82, 2.24) is 5.32 Å². The van der Waals surface area contributed by atoms with E-state index in [4.69, 9.17) is 0 Å². The van der Waals surface area contributed by atoms with E-state index >= 15 is 0 Å². The maximum atomic E-state index is 3.57. The number of benzene rings is 2. The van der Waals surface area contributed by atoms with Gasteiger partial charge in [-0.2, -0.15) is 0 Å². The lowest BCUT2D eigenvalue weighted by molar-refractivity contribution is 0.422. The lowest BCUT2D eigenvalue weighted by Crippen LogP contribution is -2.35. The van der Waals surface area contributed by atoms with E-state index in [1.165, 1.54) is 15.4 Å². The number of rotatable bonds is 4. The zero-order chi connectivity index (χ0) is 15.5. The molecule has 0 atom stereocenters. The Bertz CT molecular complexity index is 620. The second-order valence-electron chi connectivity index (χ2n) is 5.92. The van der Waals surface area contributed by atoms with Gasteiger partial charge in [-0.1, -0.05) is 49.7 Å². The number of hydrogen-bond acceptors (Lipinski definition) is 2. The van der Waals surface area contributed by atoms with Crippen LogP contribution >= 0.6 is 43.6 Å². The summed E-state index contributed by atoms with van der Waals surface area (Å²) >= 11 is 8.90. The molecule has 4 heteroatoms. The molecule has 0 saturated carbocycles. The molecule has 0 aliphatic heterocycles. The Balaban J connectivity index is 2.22. The van der Waals surface area contributed by atoms with Crippen molar-refractivity contribution in [1.29, 1.82) is 0 Å². The largest absolute Gasteiger partial charge is 0.308 e. The third-order valence-corrected chi connectivity index (χ3v) is 4.95. The third-order valence-electron chi connectivity index (χ3n) is 2.86. The molecule has 0 aliphatic rings. The van der Waals surface area contributed by atoms with Crippen LogP contribution in [0.4, 0.5) is 0 Å². The van der Waals surface area contributed by atoms with Crippen molar-refractivity contribution in [3.8, 4) is 0 Å². The van der Waals surface area contributed by atoms with Gasteiger partial charge in [-0.05, 0) is 62.7 Å². The molecule has 1 nitrogen and oxygen atoms in total. The molecule has 0 saturated heterocycles. The zero-order valence-electron chi connectivity index (χ0n) is 12.4. The van der Waals surface area contributed by atoms with Gasteiger partial charge in [-0.25, -0.2) is 0 Å². The lowest BCUT2D eigenvalue weighted by Gasteiger charge is -2.21. The smallest absolute Gasteiger partial charge is 0.0221 e. The summed E-state index contributed by atoms with van der Waals surface area (Å²) in [5.74, 6) is 0. The van der Waals surface area contributed by atoms with Crippen LogP contribution in [0.5, 0.6) is 0 Å². The van der Waals surface area contributed by atoms with Crippen molar-refractivity contribution >= 4 is 43.6 Å². The van der Waals surface area contributed by atoms with Crippen LogP contribution in [0, 0.1) is 0 Å². The molecule has 0 radical (unpaired) electrons. The average molecular weight is 429 g/mol. The van der Waals surface area contributed by atoms with Crippen LogP contribution in [0.1, 0.15) is 26.3 Å². The van der Waals surface area contributed by atoms with E-state index in [1.54, 1.807) is 11.8 Å². The Hall–Kier alpha value is -0.290. The summed E-state index contributed by atoms with van der Waals surface area (Å²) in [6.45, 7) is 7.42. The first kappa shape index (κ1) is 17.1. The predicted molar refractivity (Wildman–Crippen MR) is 99.0 cm³/mol. The zero-order valence-corrected chi connectivity index (χ0v) is 16.4. The monoisotopic (exact) mass is 427 g/mol. The van der Waals surface area contributed by atoms with Gasteiger partial charge in [0.2, 0.25) is 0 Å². The summed E-state index contributed by atoms with van der Waals surface area (Å²) < 4.78 is 2.23. The minimum atomic E-state index is 0.111. The van der Waals surface area contributed by atoms with Gasteiger partial charge in [0.25, 0.3) is 0 Å². The fourth-order valence-electron chi connectivity index (χ4n) is 1.80. The normalized spacial score (nSPS) is 11.7. The first-order valence-electron chi connectivity index (χ1n) is 6.80. The van der Waals surface area contributed by atoms with Gasteiger partial charge in [0.1, 0.15) is 0 Å². The van der Waals surface area contributed by atoms with Crippen molar-refractivity contribution in [2.24, 2.45) is 0 Å². The maximum Gasteiger partial charge on any atom is 0.0221 e. The van der Waals surface area contributed by atoms with Crippen LogP contribution in [0.15, 0.2) is 61.2 Å². The molecule has 0 aliphatic carbocycles. The van der Waals surface area contributed by atoms with Gasteiger partial charge in [-0.15, -0.1) is 0 Å². The highest BCUT2D eigenvalue weighted by atomic mass is 79.9. The van der Waals surface area contributed by atoms with E-state index in [9.17, 15) is 0 Å². The van der Waals surface area contributed by atoms with E-state index < -0.39 is 0 Å². The molecule has 0 fully saturated rings. The van der Waals surface area contributed by atoms with Crippen LogP contribution in [-0.4, -0.2) is 5.54 Å². The molecule has 1 N–H and O–H groups in total. The van der Waals surface area contributed by atoms with Crippen LogP contribution in [-0.2, 0) is 6.54 Å². The Kier molecular flexibility index (Phi) is 5.95. The average Bonchev–Trinajstić information content (AvgIpc) is 2.38. The molecule has 2 rings (SSSR count). The number of nitrogens with one attached hydrogen (secondary N) is 1. The second kappa shape index (κ2) is 7.32. The molecule has 21 heavy (non-hydrogen) atoms. The molecular weight excluding hydrogens is 410 g/mol. The Labute approximate surface area is 148 Å². The Morgan fingerprint density at radius 3 is 2.38 bits per heavy atom. The summed E-state index contributed by atoms with van der Waals surface area (Å²) in [5.41, 5.74) is 1.42. The number of hydrogen-bond donors (Lipinski definition) is 1. The molecule has 2 aromatic carbocycles. The van der Waals surface area contributed by atoms with Gasteiger partial charge in [0.15, 0.2) is 0 Å². The fraction of sp³-hybridized carbons (Fsp3) is 0.294. The summed E-state index contributed by atoms with van der Waals surface area (Å²) in [6.07, 6.45) is 0. The second-order valence-corrected chi connectivity index (χ2v) is 8.86. The highest BCUT2D eigenvalue weighted by molar-refractivity contribution is 9.10. The van der Waals surface area contributed by atoms with Crippen LogP contribution < -0.4 is 5.32 Å². The van der Waals surface area contributed by atoms with Gasteiger partial charge in [0.05, 0.1) is 0 Å². The Morgan fingerprint density at radius 1 is 1.00 bits per heavy atom. The fourth-order valence-corrected chi connectivity index (χ4v) is 3.75. The molecule has 0 aromatic heterocycles.